The molecule has 0 fully saturated rings. The van der Waals surface area contributed by atoms with Crippen molar-refractivity contribution in [1.29, 1.82) is 0 Å². The Balaban J connectivity index is 2.16. The first kappa shape index (κ1) is 13.5. The maximum atomic E-state index is 5.97. The highest BCUT2D eigenvalue weighted by Gasteiger charge is 2.15. The van der Waals surface area contributed by atoms with Crippen molar-refractivity contribution < 1.29 is 4.74 Å². The van der Waals surface area contributed by atoms with Crippen LogP contribution in [0.5, 0.6) is 5.75 Å². The standard InChI is InChI=1S/C17H21NO/c1-17(2,3)14-9-10-15(18)16(11-14)19-12-13-7-5-4-6-8-13/h4-11H,12,18H2,1-3H3. The molecule has 0 bridgehead atoms. The minimum absolute atomic E-state index is 0.0958. The Morgan fingerprint density at radius 2 is 1.68 bits per heavy atom. The molecule has 0 radical (unpaired) electrons. The Kier molecular flexibility index (Phi) is 3.79. The molecule has 100 valence electrons. The Labute approximate surface area is 115 Å². The summed E-state index contributed by atoms with van der Waals surface area (Å²) in [5, 5.41) is 0. The van der Waals surface area contributed by atoms with Crippen molar-refractivity contribution in [3.05, 3.63) is 59.7 Å². The molecule has 0 saturated heterocycles. The maximum absolute atomic E-state index is 5.97. The van der Waals surface area contributed by atoms with Gasteiger partial charge in [0.15, 0.2) is 0 Å². The van der Waals surface area contributed by atoms with Gasteiger partial charge < -0.3 is 10.5 Å². The maximum Gasteiger partial charge on any atom is 0.142 e. The lowest BCUT2D eigenvalue weighted by atomic mass is 9.87. The second kappa shape index (κ2) is 5.35. The lowest BCUT2D eigenvalue weighted by molar-refractivity contribution is 0.307. The number of nitrogens with two attached hydrogens (primary N) is 1. The number of hydrogen-bond acceptors (Lipinski definition) is 2. The largest absolute Gasteiger partial charge is 0.487 e. The second-order valence-corrected chi connectivity index (χ2v) is 5.78. The van der Waals surface area contributed by atoms with Crippen LogP contribution in [-0.2, 0) is 12.0 Å². The van der Waals surface area contributed by atoms with Gasteiger partial charge in [-0.15, -0.1) is 0 Å². The first-order valence-corrected chi connectivity index (χ1v) is 6.53. The van der Waals surface area contributed by atoms with Gasteiger partial charge in [-0.1, -0.05) is 57.2 Å². The van der Waals surface area contributed by atoms with Crippen LogP contribution in [0.15, 0.2) is 48.5 Å². The van der Waals surface area contributed by atoms with E-state index in [0.717, 1.165) is 11.3 Å². The molecular weight excluding hydrogens is 234 g/mol. The fourth-order valence-electron chi connectivity index (χ4n) is 1.86. The molecule has 0 aliphatic carbocycles. The van der Waals surface area contributed by atoms with Gasteiger partial charge in [0.1, 0.15) is 12.4 Å². The smallest absolute Gasteiger partial charge is 0.142 e. The van der Waals surface area contributed by atoms with E-state index in [1.165, 1.54) is 5.56 Å². The Hall–Kier alpha value is -1.96. The van der Waals surface area contributed by atoms with Crippen molar-refractivity contribution in [3.63, 3.8) is 0 Å². The monoisotopic (exact) mass is 255 g/mol. The quantitative estimate of drug-likeness (QED) is 0.836. The Bertz CT molecular complexity index is 541. The minimum atomic E-state index is 0.0958. The molecule has 2 heteroatoms. The highest BCUT2D eigenvalue weighted by atomic mass is 16.5. The summed E-state index contributed by atoms with van der Waals surface area (Å²) >= 11 is 0. The average Bonchev–Trinajstić information content (AvgIpc) is 2.37. The Morgan fingerprint density at radius 3 is 2.32 bits per heavy atom. The normalized spacial score (nSPS) is 11.3. The van der Waals surface area contributed by atoms with E-state index < -0.39 is 0 Å². The summed E-state index contributed by atoms with van der Waals surface area (Å²) in [6, 6.07) is 16.1. The second-order valence-electron chi connectivity index (χ2n) is 5.78. The van der Waals surface area contributed by atoms with Crippen LogP contribution in [0.1, 0.15) is 31.9 Å². The van der Waals surface area contributed by atoms with Crippen LogP contribution < -0.4 is 10.5 Å². The van der Waals surface area contributed by atoms with Crippen molar-refractivity contribution in [2.75, 3.05) is 5.73 Å². The number of hydrogen-bond donors (Lipinski definition) is 1. The molecular formula is C17H21NO. The molecule has 0 saturated carbocycles. The zero-order valence-corrected chi connectivity index (χ0v) is 11.8. The average molecular weight is 255 g/mol. The van der Waals surface area contributed by atoms with Crippen molar-refractivity contribution in [2.24, 2.45) is 0 Å². The van der Waals surface area contributed by atoms with Gasteiger partial charge >= 0.3 is 0 Å². The molecule has 2 nitrogen and oxygen atoms in total. The summed E-state index contributed by atoms with van der Waals surface area (Å²) in [5.41, 5.74) is 9.12. The predicted molar refractivity (Wildman–Crippen MR) is 80.3 cm³/mol. The highest BCUT2D eigenvalue weighted by molar-refractivity contribution is 5.55. The van der Waals surface area contributed by atoms with Gasteiger partial charge in [0, 0.05) is 0 Å². The van der Waals surface area contributed by atoms with Crippen molar-refractivity contribution in [1.82, 2.24) is 0 Å². The first-order chi connectivity index (χ1) is 8.97. The van der Waals surface area contributed by atoms with Crippen LogP contribution in [0.4, 0.5) is 5.69 Å². The topological polar surface area (TPSA) is 35.2 Å². The van der Waals surface area contributed by atoms with Gasteiger partial charge in [0.05, 0.1) is 5.69 Å². The van der Waals surface area contributed by atoms with Crippen LogP contribution in [0, 0.1) is 0 Å². The molecule has 0 aromatic heterocycles. The highest BCUT2D eigenvalue weighted by Crippen LogP contribution is 2.30. The molecule has 19 heavy (non-hydrogen) atoms. The molecule has 0 unspecified atom stereocenters. The van der Waals surface area contributed by atoms with Crippen molar-refractivity contribution in [3.8, 4) is 5.75 Å². The zero-order chi connectivity index (χ0) is 13.9. The van der Waals surface area contributed by atoms with Crippen LogP contribution in [0.2, 0.25) is 0 Å². The predicted octanol–water partition coefficient (Wildman–Crippen LogP) is 4.15. The van der Waals surface area contributed by atoms with Gasteiger partial charge in [0.2, 0.25) is 0 Å². The van der Waals surface area contributed by atoms with Gasteiger partial charge in [-0.05, 0) is 28.7 Å². The first-order valence-electron chi connectivity index (χ1n) is 6.53. The van der Waals surface area contributed by atoms with Crippen molar-refractivity contribution >= 4 is 5.69 Å². The van der Waals surface area contributed by atoms with Crippen LogP contribution in [0.3, 0.4) is 0 Å². The zero-order valence-electron chi connectivity index (χ0n) is 11.8. The molecule has 2 rings (SSSR count). The molecule has 0 heterocycles. The van der Waals surface area contributed by atoms with Crippen molar-refractivity contribution in [2.45, 2.75) is 32.8 Å². The third-order valence-electron chi connectivity index (χ3n) is 3.12. The van der Waals surface area contributed by atoms with E-state index >= 15 is 0 Å². The van der Waals surface area contributed by atoms with E-state index in [-0.39, 0.29) is 5.41 Å². The SMILES string of the molecule is CC(C)(C)c1ccc(N)c(OCc2ccccc2)c1. The van der Waals surface area contributed by atoms with E-state index in [9.17, 15) is 0 Å². The lowest BCUT2D eigenvalue weighted by Crippen LogP contribution is -2.11. The van der Waals surface area contributed by atoms with Crippen LogP contribution in [-0.4, -0.2) is 0 Å². The minimum Gasteiger partial charge on any atom is -0.487 e. The molecule has 2 N–H and O–H groups in total. The van der Waals surface area contributed by atoms with E-state index in [4.69, 9.17) is 10.5 Å². The molecule has 0 aliphatic rings. The van der Waals surface area contributed by atoms with E-state index in [2.05, 4.69) is 26.8 Å². The number of nitrogen functional groups attached to an aromatic ring is 1. The van der Waals surface area contributed by atoms with Crippen LogP contribution >= 0.6 is 0 Å². The summed E-state index contributed by atoms with van der Waals surface area (Å²) in [4.78, 5) is 0. The number of rotatable bonds is 3. The summed E-state index contributed by atoms with van der Waals surface area (Å²) in [6.07, 6.45) is 0. The fraction of sp³-hybridized carbons (Fsp3) is 0.294. The van der Waals surface area contributed by atoms with Crippen LogP contribution in [0.25, 0.3) is 0 Å². The molecule has 2 aromatic carbocycles. The summed E-state index contributed by atoms with van der Waals surface area (Å²) < 4.78 is 5.83. The number of anilines is 1. The van der Waals surface area contributed by atoms with Gasteiger partial charge in [-0.25, -0.2) is 0 Å². The molecule has 0 spiro atoms. The third-order valence-corrected chi connectivity index (χ3v) is 3.12. The Morgan fingerprint density at radius 1 is 1.00 bits per heavy atom. The summed E-state index contributed by atoms with van der Waals surface area (Å²) in [6.45, 7) is 7.08. The summed E-state index contributed by atoms with van der Waals surface area (Å²) in [5.74, 6) is 0.760. The molecule has 0 atom stereocenters. The van der Waals surface area contributed by atoms with Gasteiger partial charge in [-0.2, -0.15) is 0 Å². The molecule has 0 amide bonds. The third kappa shape index (κ3) is 3.50. The van der Waals surface area contributed by atoms with E-state index in [1.54, 1.807) is 0 Å². The molecule has 0 aliphatic heterocycles. The summed E-state index contributed by atoms with van der Waals surface area (Å²) in [7, 11) is 0. The number of benzene rings is 2. The molecule has 2 aromatic rings. The van der Waals surface area contributed by atoms with Gasteiger partial charge in [0.25, 0.3) is 0 Å². The fourth-order valence-corrected chi connectivity index (χ4v) is 1.86. The lowest BCUT2D eigenvalue weighted by Gasteiger charge is -2.20. The van der Waals surface area contributed by atoms with E-state index in [1.807, 2.05) is 42.5 Å². The van der Waals surface area contributed by atoms with E-state index in [0.29, 0.717) is 12.3 Å². The number of ether oxygens (including phenoxy) is 1. The van der Waals surface area contributed by atoms with Gasteiger partial charge in [-0.3, -0.25) is 0 Å².